The van der Waals surface area contributed by atoms with Crippen molar-refractivity contribution in [3.05, 3.63) is 0 Å². The van der Waals surface area contributed by atoms with Crippen LogP contribution in [0, 0.1) is 0 Å². The number of nitrogens with two attached hydrogens (primary N) is 1. The Morgan fingerprint density at radius 1 is 1.40 bits per heavy atom. The van der Waals surface area contributed by atoms with Crippen molar-refractivity contribution in [2.24, 2.45) is 5.73 Å². The molecule has 0 radical (unpaired) electrons. The van der Waals surface area contributed by atoms with E-state index in [1.165, 1.54) is 0 Å². The summed E-state index contributed by atoms with van der Waals surface area (Å²) in [7, 11) is -3.75. The molecule has 0 fully saturated rings. The Morgan fingerprint density at radius 3 is 2.20 bits per heavy atom. The molecule has 0 heterocycles. The zero-order chi connectivity index (χ0) is 7.33. The third-order valence-corrected chi connectivity index (χ3v) is 1.66. The molecule has 0 amide bonds. The van der Waals surface area contributed by atoms with Crippen molar-refractivity contribution in [2.45, 2.75) is 12.8 Å². The molecule has 0 unspecified atom stereocenters. The van der Waals surface area contributed by atoms with E-state index in [1.54, 1.807) is 0 Å². The molecular weight excluding hydrogens is 165 g/mol. The average Bonchev–Trinajstić information content (AvgIpc) is 1.63. The van der Waals surface area contributed by atoms with Crippen molar-refractivity contribution in [1.29, 1.82) is 0 Å². The number of unbranched alkanes of at least 4 members (excludes halogenated alkanes) is 1. The van der Waals surface area contributed by atoms with Gasteiger partial charge in [0.25, 0.3) is 10.1 Å². The minimum atomic E-state index is -3.75. The maximum Gasteiger partial charge on any atom is 1.00 e. The maximum absolute atomic E-state index is 10.0. The van der Waals surface area contributed by atoms with Gasteiger partial charge in [0.15, 0.2) is 0 Å². The molecule has 0 aliphatic carbocycles. The van der Waals surface area contributed by atoms with E-state index in [2.05, 4.69) is 0 Å². The van der Waals surface area contributed by atoms with E-state index in [9.17, 15) is 8.42 Å². The maximum atomic E-state index is 10.0. The molecule has 3 N–H and O–H groups in total. The van der Waals surface area contributed by atoms with Gasteiger partial charge in [-0.15, -0.1) is 0 Å². The standard InChI is InChI=1S/C4H11NO3S.Na.H/c5-3-1-2-4-9(6,7)8;;/h1-5H2,(H,6,7,8);;/q;+1;-1. The molecule has 0 rings (SSSR count). The smallest absolute Gasteiger partial charge is 1.00 e. The molecule has 0 aliphatic rings. The third kappa shape index (κ3) is 11.6. The van der Waals surface area contributed by atoms with Crippen LogP contribution < -0.4 is 35.3 Å². The molecule has 0 bridgehead atoms. The summed E-state index contributed by atoms with van der Waals surface area (Å²) in [6.45, 7) is 0.468. The quantitative estimate of drug-likeness (QED) is 0.268. The monoisotopic (exact) mass is 177 g/mol. The van der Waals surface area contributed by atoms with E-state index in [1.807, 2.05) is 0 Å². The molecule has 58 valence electrons. The number of hydrogen-bond donors (Lipinski definition) is 2. The second kappa shape index (κ2) is 6.57. The van der Waals surface area contributed by atoms with Crippen LogP contribution in [0.3, 0.4) is 0 Å². The summed E-state index contributed by atoms with van der Waals surface area (Å²) in [4.78, 5) is 0. The molecule has 0 saturated heterocycles. The minimum Gasteiger partial charge on any atom is -1.00 e. The van der Waals surface area contributed by atoms with E-state index in [0.29, 0.717) is 19.4 Å². The minimum absolute atomic E-state index is 0. The predicted octanol–water partition coefficient (Wildman–Crippen LogP) is -3.27. The van der Waals surface area contributed by atoms with E-state index >= 15 is 0 Å². The second-order valence-corrected chi connectivity index (χ2v) is 3.35. The largest absolute Gasteiger partial charge is 1.00 e. The van der Waals surface area contributed by atoms with Crippen LogP contribution >= 0.6 is 0 Å². The van der Waals surface area contributed by atoms with Crippen LogP contribution in [0.15, 0.2) is 0 Å². The Hall–Kier alpha value is 0.870. The number of hydrogen-bond acceptors (Lipinski definition) is 3. The molecule has 0 aliphatic heterocycles. The third-order valence-electron chi connectivity index (χ3n) is 0.856. The van der Waals surface area contributed by atoms with Crippen molar-refractivity contribution in [3.63, 3.8) is 0 Å². The fourth-order valence-corrected chi connectivity index (χ4v) is 0.998. The molecule has 6 heteroatoms. The topological polar surface area (TPSA) is 80.4 Å². The fraction of sp³-hybridized carbons (Fsp3) is 1.00. The molecule has 0 saturated carbocycles. The first-order valence-electron chi connectivity index (χ1n) is 2.71. The average molecular weight is 177 g/mol. The zero-order valence-electron chi connectivity index (χ0n) is 7.08. The van der Waals surface area contributed by atoms with Gasteiger partial charge in [-0.3, -0.25) is 4.55 Å². The summed E-state index contributed by atoms with van der Waals surface area (Å²) < 4.78 is 28.2. The van der Waals surface area contributed by atoms with Crippen LogP contribution in [0.5, 0.6) is 0 Å². The summed E-state index contributed by atoms with van der Waals surface area (Å²) in [6, 6.07) is 0. The Morgan fingerprint density at radius 2 is 1.90 bits per heavy atom. The molecule has 0 atom stereocenters. The molecular formula is C4H12NNaO3S. The Bertz CT molecular complexity index is 161. The van der Waals surface area contributed by atoms with E-state index in [-0.39, 0.29) is 36.7 Å². The Labute approximate surface area is 84.7 Å². The van der Waals surface area contributed by atoms with Crippen LogP contribution in [0.2, 0.25) is 0 Å². The SMILES string of the molecule is NCCCCS(=O)(=O)O.[H-].[Na+]. The van der Waals surface area contributed by atoms with Gasteiger partial charge in [-0.25, -0.2) is 0 Å². The van der Waals surface area contributed by atoms with E-state index < -0.39 is 10.1 Å². The Kier molecular flexibility index (Phi) is 8.85. The first-order valence-corrected chi connectivity index (χ1v) is 4.32. The molecule has 0 spiro atoms. The van der Waals surface area contributed by atoms with Crippen molar-refractivity contribution < 1.29 is 44.0 Å². The van der Waals surface area contributed by atoms with Gasteiger partial charge in [-0.05, 0) is 19.4 Å². The van der Waals surface area contributed by atoms with Crippen LogP contribution in [-0.2, 0) is 10.1 Å². The molecule has 0 aromatic rings. The molecule has 10 heavy (non-hydrogen) atoms. The van der Waals surface area contributed by atoms with Gasteiger partial charge in [-0.2, -0.15) is 8.42 Å². The second-order valence-electron chi connectivity index (χ2n) is 1.78. The van der Waals surface area contributed by atoms with Crippen molar-refractivity contribution in [1.82, 2.24) is 0 Å². The number of rotatable bonds is 4. The summed E-state index contributed by atoms with van der Waals surface area (Å²) >= 11 is 0. The predicted molar refractivity (Wildman–Crippen MR) is 35.8 cm³/mol. The van der Waals surface area contributed by atoms with Crippen LogP contribution in [0.1, 0.15) is 14.3 Å². The van der Waals surface area contributed by atoms with Gasteiger partial charge in [0.2, 0.25) is 0 Å². The van der Waals surface area contributed by atoms with Gasteiger partial charge < -0.3 is 7.16 Å². The van der Waals surface area contributed by atoms with E-state index in [4.69, 9.17) is 10.3 Å². The summed E-state index contributed by atoms with van der Waals surface area (Å²) in [6.07, 6.45) is 1.08. The van der Waals surface area contributed by atoms with Gasteiger partial charge in [-0.1, -0.05) is 0 Å². The first-order chi connectivity index (χ1) is 4.06. The summed E-state index contributed by atoms with van der Waals surface area (Å²) in [5.74, 6) is -0.176. The zero-order valence-corrected chi connectivity index (χ0v) is 8.89. The summed E-state index contributed by atoms with van der Waals surface area (Å²) in [5, 5.41) is 0. The Balaban J connectivity index is -0.000000320. The van der Waals surface area contributed by atoms with Crippen LogP contribution in [0.4, 0.5) is 0 Å². The molecule has 4 nitrogen and oxygen atoms in total. The van der Waals surface area contributed by atoms with Crippen molar-refractivity contribution in [2.75, 3.05) is 12.3 Å². The molecule has 0 aromatic carbocycles. The van der Waals surface area contributed by atoms with Crippen LogP contribution in [-0.4, -0.2) is 25.3 Å². The van der Waals surface area contributed by atoms with Gasteiger partial charge in [0.05, 0.1) is 5.75 Å². The van der Waals surface area contributed by atoms with Crippen molar-refractivity contribution in [3.8, 4) is 0 Å². The fourth-order valence-electron chi connectivity index (χ4n) is 0.429. The summed E-state index contributed by atoms with van der Waals surface area (Å²) in [5.41, 5.74) is 5.08. The first kappa shape index (κ1) is 13.5. The van der Waals surface area contributed by atoms with Crippen molar-refractivity contribution >= 4 is 10.1 Å². The van der Waals surface area contributed by atoms with Gasteiger partial charge >= 0.3 is 29.6 Å². The molecule has 0 aromatic heterocycles. The van der Waals surface area contributed by atoms with Gasteiger partial charge in [0.1, 0.15) is 0 Å². The normalized spacial score (nSPS) is 10.6. The van der Waals surface area contributed by atoms with Gasteiger partial charge in [0, 0.05) is 0 Å². The van der Waals surface area contributed by atoms with Crippen LogP contribution in [0.25, 0.3) is 0 Å². The van der Waals surface area contributed by atoms with E-state index in [0.717, 1.165) is 0 Å².